The molecule has 6 nitrogen and oxygen atoms in total. The third-order valence-corrected chi connectivity index (χ3v) is 6.20. The van der Waals surface area contributed by atoms with E-state index in [1.165, 1.54) is 4.88 Å². The van der Waals surface area contributed by atoms with Crippen molar-refractivity contribution in [3.8, 4) is 0 Å². The van der Waals surface area contributed by atoms with E-state index < -0.39 is 5.97 Å². The highest BCUT2D eigenvalue weighted by molar-refractivity contribution is 7.18. The van der Waals surface area contributed by atoms with Gasteiger partial charge in [0, 0.05) is 4.88 Å². The zero-order valence-corrected chi connectivity index (χ0v) is 14.6. The SMILES string of the molecule is CC1CCc2c(sc3nnn(CC(=O)OC4CCCC4)c(=O)c23)C1. The minimum atomic E-state index is -0.393. The van der Waals surface area contributed by atoms with Crippen LogP contribution >= 0.6 is 11.3 Å². The van der Waals surface area contributed by atoms with Gasteiger partial charge >= 0.3 is 5.97 Å². The molecule has 2 aromatic rings. The molecule has 0 spiro atoms. The molecule has 4 rings (SSSR count). The summed E-state index contributed by atoms with van der Waals surface area (Å²) in [5, 5.41) is 8.79. The number of hydrogen-bond donors (Lipinski definition) is 0. The van der Waals surface area contributed by atoms with Gasteiger partial charge < -0.3 is 4.74 Å². The second-order valence-corrected chi connectivity index (χ2v) is 8.06. The molecule has 0 saturated heterocycles. The average molecular weight is 347 g/mol. The predicted molar refractivity (Wildman–Crippen MR) is 91.2 cm³/mol. The van der Waals surface area contributed by atoms with Crippen molar-refractivity contribution in [2.24, 2.45) is 5.92 Å². The second kappa shape index (κ2) is 6.27. The number of aryl methyl sites for hydroxylation is 1. The summed E-state index contributed by atoms with van der Waals surface area (Å²) in [6, 6.07) is 0. The maximum absolute atomic E-state index is 12.8. The van der Waals surface area contributed by atoms with Gasteiger partial charge in [-0.2, -0.15) is 4.68 Å². The Morgan fingerprint density at radius 1 is 1.33 bits per heavy atom. The Morgan fingerprint density at radius 2 is 2.12 bits per heavy atom. The number of esters is 1. The van der Waals surface area contributed by atoms with E-state index in [-0.39, 0.29) is 18.2 Å². The number of nitrogens with zero attached hydrogens (tertiary/aromatic N) is 3. The molecule has 0 amide bonds. The molecule has 2 heterocycles. The normalized spacial score (nSPS) is 21.1. The van der Waals surface area contributed by atoms with E-state index in [1.54, 1.807) is 11.3 Å². The molecule has 24 heavy (non-hydrogen) atoms. The Balaban J connectivity index is 1.61. The van der Waals surface area contributed by atoms with Gasteiger partial charge in [-0.3, -0.25) is 9.59 Å². The van der Waals surface area contributed by atoms with Crippen molar-refractivity contribution in [1.82, 2.24) is 15.0 Å². The molecule has 1 fully saturated rings. The van der Waals surface area contributed by atoms with Gasteiger partial charge in [-0.05, 0) is 56.4 Å². The molecule has 0 aromatic carbocycles. The van der Waals surface area contributed by atoms with Crippen LogP contribution in [0, 0.1) is 5.92 Å². The first-order chi connectivity index (χ1) is 11.6. The number of ether oxygens (including phenoxy) is 1. The van der Waals surface area contributed by atoms with Crippen molar-refractivity contribution >= 4 is 27.5 Å². The van der Waals surface area contributed by atoms with Crippen LogP contribution in [-0.2, 0) is 28.9 Å². The fraction of sp³-hybridized carbons (Fsp3) is 0.647. The predicted octanol–water partition coefficient (Wildman–Crippen LogP) is 2.46. The molecular formula is C17H21N3O3S. The fourth-order valence-electron chi connectivity index (χ4n) is 3.75. The van der Waals surface area contributed by atoms with E-state index in [0.717, 1.165) is 55.2 Å². The molecule has 0 bridgehead atoms. The van der Waals surface area contributed by atoms with Crippen molar-refractivity contribution in [2.45, 2.75) is 64.5 Å². The van der Waals surface area contributed by atoms with Gasteiger partial charge in [0.15, 0.2) is 4.83 Å². The number of aromatic nitrogens is 3. The number of carbonyl (C=O) groups is 1. The molecule has 2 aliphatic carbocycles. The Labute approximate surface area is 143 Å². The highest BCUT2D eigenvalue weighted by Crippen LogP contribution is 2.35. The van der Waals surface area contributed by atoms with Crippen LogP contribution in [0.4, 0.5) is 0 Å². The summed E-state index contributed by atoms with van der Waals surface area (Å²) in [6.45, 7) is 2.08. The second-order valence-electron chi connectivity index (χ2n) is 6.98. The lowest BCUT2D eigenvalue weighted by Crippen LogP contribution is -2.30. The first-order valence-corrected chi connectivity index (χ1v) is 9.51. The van der Waals surface area contributed by atoms with Gasteiger partial charge in [-0.15, -0.1) is 16.4 Å². The van der Waals surface area contributed by atoms with E-state index in [2.05, 4.69) is 17.2 Å². The molecule has 2 aromatic heterocycles. The molecule has 1 unspecified atom stereocenters. The van der Waals surface area contributed by atoms with Gasteiger partial charge in [0.1, 0.15) is 12.6 Å². The first-order valence-electron chi connectivity index (χ1n) is 8.69. The summed E-state index contributed by atoms with van der Waals surface area (Å²) in [6.07, 6.45) is 7.03. The number of rotatable bonds is 3. The van der Waals surface area contributed by atoms with Crippen LogP contribution in [0.25, 0.3) is 10.2 Å². The summed E-state index contributed by atoms with van der Waals surface area (Å²) in [4.78, 5) is 26.8. The lowest BCUT2D eigenvalue weighted by molar-refractivity contribution is -0.149. The van der Waals surface area contributed by atoms with Crippen molar-refractivity contribution in [3.63, 3.8) is 0 Å². The van der Waals surface area contributed by atoms with E-state index in [4.69, 9.17) is 4.74 Å². The molecule has 1 atom stereocenters. The molecule has 2 aliphatic rings. The van der Waals surface area contributed by atoms with Crippen LogP contribution in [0.3, 0.4) is 0 Å². The van der Waals surface area contributed by atoms with Crippen molar-refractivity contribution < 1.29 is 9.53 Å². The van der Waals surface area contributed by atoms with E-state index in [9.17, 15) is 9.59 Å². The maximum atomic E-state index is 12.8. The molecule has 0 radical (unpaired) electrons. The number of hydrogen-bond acceptors (Lipinski definition) is 6. The lowest BCUT2D eigenvalue weighted by atomic mass is 9.89. The third-order valence-electron chi connectivity index (χ3n) is 5.06. The van der Waals surface area contributed by atoms with Crippen LogP contribution in [0.5, 0.6) is 0 Å². The Morgan fingerprint density at radius 3 is 2.92 bits per heavy atom. The zero-order valence-electron chi connectivity index (χ0n) is 13.8. The zero-order chi connectivity index (χ0) is 16.7. The third kappa shape index (κ3) is 2.85. The van der Waals surface area contributed by atoms with E-state index in [0.29, 0.717) is 16.1 Å². The Kier molecular flexibility index (Phi) is 4.12. The van der Waals surface area contributed by atoms with Crippen molar-refractivity contribution in [1.29, 1.82) is 0 Å². The number of fused-ring (bicyclic) bond motifs is 3. The van der Waals surface area contributed by atoms with Gasteiger partial charge in [0.25, 0.3) is 5.56 Å². The summed E-state index contributed by atoms with van der Waals surface area (Å²) in [5.41, 5.74) is 0.904. The topological polar surface area (TPSA) is 74.1 Å². The van der Waals surface area contributed by atoms with Gasteiger partial charge in [0.05, 0.1) is 5.39 Å². The minimum absolute atomic E-state index is 0.000266. The highest BCUT2D eigenvalue weighted by atomic mass is 32.1. The van der Waals surface area contributed by atoms with Crippen LogP contribution in [0.2, 0.25) is 0 Å². The van der Waals surface area contributed by atoms with Crippen molar-refractivity contribution in [2.75, 3.05) is 0 Å². The lowest BCUT2D eigenvalue weighted by Gasteiger charge is -2.17. The summed E-state index contributed by atoms with van der Waals surface area (Å²) in [5.74, 6) is 0.248. The first kappa shape index (κ1) is 15.7. The maximum Gasteiger partial charge on any atom is 0.328 e. The number of thiophene rings is 1. The fourth-order valence-corrected chi connectivity index (χ4v) is 5.07. The Bertz CT molecular complexity index is 835. The summed E-state index contributed by atoms with van der Waals surface area (Å²) in [7, 11) is 0. The molecule has 128 valence electrons. The van der Waals surface area contributed by atoms with Crippen LogP contribution in [-0.4, -0.2) is 27.1 Å². The Hall–Kier alpha value is -1.76. The van der Waals surface area contributed by atoms with Gasteiger partial charge in [0.2, 0.25) is 0 Å². The quantitative estimate of drug-likeness (QED) is 0.798. The summed E-state index contributed by atoms with van der Waals surface area (Å²) >= 11 is 1.57. The average Bonchev–Trinajstić information content (AvgIpc) is 3.16. The van der Waals surface area contributed by atoms with Gasteiger partial charge in [-0.1, -0.05) is 12.1 Å². The van der Waals surface area contributed by atoms with E-state index >= 15 is 0 Å². The molecular weight excluding hydrogens is 326 g/mol. The molecule has 7 heteroatoms. The van der Waals surface area contributed by atoms with Crippen LogP contribution in [0.15, 0.2) is 4.79 Å². The molecule has 1 saturated carbocycles. The van der Waals surface area contributed by atoms with Gasteiger partial charge in [-0.25, -0.2) is 0 Å². The van der Waals surface area contributed by atoms with Crippen LogP contribution in [0.1, 0.15) is 49.5 Å². The highest BCUT2D eigenvalue weighted by Gasteiger charge is 2.25. The monoisotopic (exact) mass is 347 g/mol. The minimum Gasteiger partial charge on any atom is -0.461 e. The molecule has 0 N–H and O–H groups in total. The van der Waals surface area contributed by atoms with Crippen LogP contribution < -0.4 is 5.56 Å². The number of carbonyl (C=O) groups excluding carboxylic acids is 1. The largest absolute Gasteiger partial charge is 0.461 e. The standard InChI is InChI=1S/C17H21N3O3S/c1-10-6-7-12-13(8-10)24-16-15(12)17(22)20(19-18-16)9-14(21)23-11-4-2-3-5-11/h10-11H,2-9H2,1H3. The molecule has 0 aliphatic heterocycles. The van der Waals surface area contributed by atoms with E-state index in [1.807, 2.05) is 0 Å². The summed E-state index contributed by atoms with van der Waals surface area (Å²) < 4.78 is 6.58. The smallest absolute Gasteiger partial charge is 0.328 e. The van der Waals surface area contributed by atoms with Crippen molar-refractivity contribution in [3.05, 3.63) is 20.8 Å².